The molecule has 3 unspecified atom stereocenters. The van der Waals surface area contributed by atoms with Gasteiger partial charge in [-0.05, 0) is 64.2 Å². The van der Waals surface area contributed by atoms with E-state index in [4.69, 9.17) is 9.47 Å². The first-order valence-corrected chi connectivity index (χ1v) is 9.15. The molecule has 0 amide bonds. The monoisotopic (exact) mass is 352 g/mol. The number of carbonyl (C=O) groups is 2. The molecule has 5 heteroatoms. The van der Waals surface area contributed by atoms with E-state index in [0.717, 1.165) is 32.1 Å². The number of hydrogen-bond acceptors (Lipinski definition) is 4. The summed E-state index contributed by atoms with van der Waals surface area (Å²) in [6.07, 6.45) is 3.64. The first-order chi connectivity index (χ1) is 11.8. The first kappa shape index (κ1) is 19.7. The van der Waals surface area contributed by atoms with Crippen molar-refractivity contribution in [1.29, 1.82) is 0 Å². The van der Waals surface area contributed by atoms with Crippen LogP contribution in [0, 0.1) is 11.8 Å². The van der Waals surface area contributed by atoms with Crippen LogP contribution in [-0.2, 0) is 19.1 Å². The van der Waals surface area contributed by atoms with E-state index in [0.29, 0.717) is 23.5 Å². The third-order valence-electron chi connectivity index (χ3n) is 5.34. The van der Waals surface area contributed by atoms with Gasteiger partial charge in [-0.25, -0.2) is 14.0 Å². The van der Waals surface area contributed by atoms with Crippen LogP contribution in [0.5, 0.6) is 0 Å². The lowest BCUT2D eigenvalue weighted by Crippen LogP contribution is -2.38. The van der Waals surface area contributed by atoms with Gasteiger partial charge in [-0.15, -0.1) is 0 Å². The number of alkyl halides is 1. The smallest absolute Gasteiger partial charge is 0.333 e. The van der Waals surface area contributed by atoms with E-state index in [1.807, 2.05) is 0 Å². The molecule has 0 bridgehead atoms. The summed E-state index contributed by atoms with van der Waals surface area (Å²) in [7, 11) is 0. The van der Waals surface area contributed by atoms with Gasteiger partial charge < -0.3 is 9.47 Å². The normalized spacial score (nSPS) is 32.5. The maximum absolute atomic E-state index is 14.6. The molecule has 0 radical (unpaired) electrons. The van der Waals surface area contributed by atoms with E-state index in [9.17, 15) is 14.0 Å². The quantitative estimate of drug-likeness (QED) is 0.547. The molecule has 3 atom stereocenters. The van der Waals surface area contributed by atoms with Gasteiger partial charge in [-0.1, -0.05) is 13.2 Å². The van der Waals surface area contributed by atoms with E-state index in [1.165, 1.54) is 0 Å². The second kappa shape index (κ2) is 8.63. The third-order valence-corrected chi connectivity index (χ3v) is 5.34. The van der Waals surface area contributed by atoms with Crippen LogP contribution in [-0.4, -0.2) is 30.3 Å². The van der Waals surface area contributed by atoms with Crippen LogP contribution in [0.3, 0.4) is 0 Å². The zero-order valence-electron chi connectivity index (χ0n) is 15.3. The number of rotatable bonds is 5. The van der Waals surface area contributed by atoms with Crippen LogP contribution >= 0.6 is 0 Å². The molecule has 0 aromatic rings. The zero-order valence-corrected chi connectivity index (χ0v) is 15.3. The van der Waals surface area contributed by atoms with Crippen LogP contribution in [0.2, 0.25) is 0 Å². The van der Waals surface area contributed by atoms with Crippen LogP contribution in [0.25, 0.3) is 0 Å². The molecule has 0 aliphatic heterocycles. The Morgan fingerprint density at radius 2 is 1.32 bits per heavy atom. The highest BCUT2D eigenvalue weighted by atomic mass is 19.1. The second-order valence-corrected chi connectivity index (χ2v) is 7.52. The minimum atomic E-state index is -0.948. The average molecular weight is 352 g/mol. The average Bonchev–Trinajstić information content (AvgIpc) is 2.55. The van der Waals surface area contributed by atoms with Crippen molar-refractivity contribution in [3.8, 4) is 0 Å². The summed E-state index contributed by atoms with van der Waals surface area (Å²) in [5, 5.41) is 0. The predicted octanol–water partition coefficient (Wildman–Crippen LogP) is 4.29. The minimum absolute atomic E-state index is 0.0116. The van der Waals surface area contributed by atoms with Gasteiger partial charge in [0.15, 0.2) is 0 Å². The Morgan fingerprint density at radius 3 is 1.80 bits per heavy atom. The van der Waals surface area contributed by atoms with Crippen molar-refractivity contribution in [2.24, 2.45) is 11.8 Å². The number of ether oxygens (including phenoxy) is 2. The number of carbonyl (C=O) groups excluding carboxylic acids is 2. The van der Waals surface area contributed by atoms with E-state index in [1.54, 1.807) is 13.8 Å². The molecule has 0 heterocycles. The highest BCUT2D eigenvalue weighted by Crippen LogP contribution is 2.41. The highest BCUT2D eigenvalue weighted by molar-refractivity contribution is 5.87. The number of esters is 2. The Labute approximate surface area is 149 Å². The van der Waals surface area contributed by atoms with Gasteiger partial charge in [-0.2, -0.15) is 0 Å². The van der Waals surface area contributed by atoms with Gasteiger partial charge in [0.2, 0.25) is 0 Å². The number of hydrogen-bond donors (Lipinski definition) is 0. The van der Waals surface area contributed by atoms with Crippen LogP contribution < -0.4 is 0 Å². The largest absolute Gasteiger partial charge is 0.459 e. The van der Waals surface area contributed by atoms with E-state index in [2.05, 4.69) is 13.2 Å². The Hall–Kier alpha value is -1.65. The molecule has 140 valence electrons. The van der Waals surface area contributed by atoms with Crippen LogP contribution in [0.4, 0.5) is 4.39 Å². The van der Waals surface area contributed by atoms with Crippen molar-refractivity contribution < 1.29 is 23.5 Å². The summed E-state index contributed by atoms with van der Waals surface area (Å²) in [6.45, 7) is 10.4. The maximum atomic E-state index is 14.6. The molecule has 2 saturated carbocycles. The van der Waals surface area contributed by atoms with Gasteiger partial charge in [0.1, 0.15) is 18.4 Å². The van der Waals surface area contributed by atoms with Crippen molar-refractivity contribution in [2.45, 2.75) is 77.2 Å². The topological polar surface area (TPSA) is 52.6 Å². The fraction of sp³-hybridized carbons (Fsp3) is 0.700. The first-order valence-electron chi connectivity index (χ1n) is 9.15. The van der Waals surface area contributed by atoms with Gasteiger partial charge in [0, 0.05) is 17.6 Å². The second-order valence-electron chi connectivity index (χ2n) is 7.52. The molecule has 0 spiro atoms. The third kappa shape index (κ3) is 5.41. The molecule has 25 heavy (non-hydrogen) atoms. The number of halogens is 1. The maximum Gasteiger partial charge on any atom is 0.333 e. The molecule has 0 aromatic carbocycles. The molecule has 0 aromatic heterocycles. The SMILES string of the molecule is C=C(C)C(=O)OC1CCC(C2CCC(OC(=O)C(=C)C)CC2F)CC1. The molecule has 0 saturated heterocycles. The summed E-state index contributed by atoms with van der Waals surface area (Å²) < 4.78 is 25.3. The minimum Gasteiger partial charge on any atom is -0.459 e. The standard InChI is InChI=1S/C20H29FO4/c1-12(2)19(22)24-15-7-5-14(6-8-15)17-10-9-16(11-18(17)21)25-20(23)13(3)4/h14-18H,1,3,5-11H2,2,4H3. The summed E-state index contributed by atoms with van der Waals surface area (Å²) in [6, 6.07) is 0. The van der Waals surface area contributed by atoms with Crippen molar-refractivity contribution in [2.75, 3.05) is 0 Å². The summed E-state index contributed by atoms with van der Waals surface area (Å²) >= 11 is 0. The molecule has 2 aliphatic carbocycles. The molecule has 2 aliphatic rings. The lowest BCUT2D eigenvalue weighted by Gasteiger charge is -2.39. The Bertz CT molecular complexity index is 534. The van der Waals surface area contributed by atoms with Crippen molar-refractivity contribution in [3.05, 3.63) is 24.3 Å². The Morgan fingerprint density at radius 1 is 0.840 bits per heavy atom. The molecular formula is C20H29FO4. The van der Waals surface area contributed by atoms with Gasteiger partial charge in [0.25, 0.3) is 0 Å². The fourth-order valence-corrected chi connectivity index (χ4v) is 3.88. The van der Waals surface area contributed by atoms with Gasteiger partial charge >= 0.3 is 11.9 Å². The van der Waals surface area contributed by atoms with Gasteiger partial charge in [-0.3, -0.25) is 0 Å². The summed E-state index contributed by atoms with van der Waals surface area (Å²) in [4.78, 5) is 23.2. The Balaban J connectivity index is 1.78. The lowest BCUT2D eigenvalue weighted by atomic mass is 9.71. The molecular weight excluding hydrogens is 323 g/mol. The van der Waals surface area contributed by atoms with Gasteiger partial charge in [0.05, 0.1) is 0 Å². The van der Waals surface area contributed by atoms with Crippen molar-refractivity contribution in [3.63, 3.8) is 0 Å². The molecule has 0 N–H and O–H groups in total. The van der Waals surface area contributed by atoms with E-state index >= 15 is 0 Å². The highest BCUT2D eigenvalue weighted by Gasteiger charge is 2.39. The van der Waals surface area contributed by atoms with E-state index in [-0.39, 0.29) is 30.5 Å². The predicted molar refractivity (Wildman–Crippen MR) is 93.6 cm³/mol. The van der Waals surface area contributed by atoms with E-state index < -0.39 is 12.1 Å². The molecule has 4 nitrogen and oxygen atoms in total. The summed E-state index contributed by atoms with van der Waals surface area (Å²) in [5.74, 6) is -0.452. The fourth-order valence-electron chi connectivity index (χ4n) is 3.88. The zero-order chi connectivity index (χ0) is 18.6. The molecule has 2 rings (SSSR count). The Kier molecular flexibility index (Phi) is 6.79. The molecule has 2 fully saturated rings. The lowest BCUT2D eigenvalue weighted by molar-refractivity contribution is -0.150. The van der Waals surface area contributed by atoms with Crippen molar-refractivity contribution >= 4 is 11.9 Å². The summed E-state index contributed by atoms with van der Waals surface area (Å²) in [5.41, 5.74) is 0.758. The van der Waals surface area contributed by atoms with Crippen LogP contribution in [0.15, 0.2) is 24.3 Å². The van der Waals surface area contributed by atoms with Crippen LogP contribution in [0.1, 0.15) is 58.8 Å². The van der Waals surface area contributed by atoms with Crippen molar-refractivity contribution in [1.82, 2.24) is 0 Å².